The zero-order chi connectivity index (χ0) is 12.8. The Kier molecular flexibility index (Phi) is 3.66. The molecule has 0 bridgehead atoms. The molecule has 102 valence electrons. The third-order valence-electron chi connectivity index (χ3n) is 2.70. The molecule has 0 saturated carbocycles. The number of thiophene rings is 1. The van der Waals surface area contributed by atoms with Crippen LogP contribution in [0.1, 0.15) is 17.2 Å². The fraction of sp³-hybridized carbons (Fsp3) is 0.167. The van der Waals surface area contributed by atoms with Gasteiger partial charge in [-0.3, -0.25) is 0 Å². The molecule has 0 radical (unpaired) electrons. The average molecular weight is 306 g/mol. The van der Waals surface area contributed by atoms with Crippen molar-refractivity contribution >= 4 is 23.7 Å². The first-order chi connectivity index (χ1) is 8.57. The summed E-state index contributed by atoms with van der Waals surface area (Å²) in [6, 6.07) is 6.04. The Labute approximate surface area is 118 Å². The van der Waals surface area contributed by atoms with Gasteiger partial charge in [0, 0.05) is 5.56 Å². The van der Waals surface area contributed by atoms with Gasteiger partial charge in [-0.1, -0.05) is 12.1 Å². The van der Waals surface area contributed by atoms with E-state index in [9.17, 15) is 8.78 Å². The Hall–Kier alpha value is -1.37. The van der Waals surface area contributed by atoms with Crippen LogP contribution in [0.15, 0.2) is 35.0 Å². The molecule has 0 unspecified atom stereocenters. The van der Waals surface area contributed by atoms with E-state index >= 15 is 0 Å². The van der Waals surface area contributed by atoms with Crippen molar-refractivity contribution in [3.05, 3.63) is 46.2 Å². The van der Waals surface area contributed by atoms with Crippen molar-refractivity contribution in [2.75, 3.05) is 0 Å². The summed E-state index contributed by atoms with van der Waals surface area (Å²) >= 11 is 1.50. The van der Waals surface area contributed by atoms with E-state index in [1.165, 1.54) is 17.4 Å². The number of halogens is 3. The van der Waals surface area contributed by atoms with Crippen molar-refractivity contribution in [3.8, 4) is 11.5 Å². The van der Waals surface area contributed by atoms with Crippen LogP contribution in [0.25, 0.3) is 0 Å². The van der Waals surface area contributed by atoms with Crippen LogP contribution in [0.5, 0.6) is 11.5 Å². The topological polar surface area (TPSA) is 44.5 Å². The lowest BCUT2D eigenvalue weighted by molar-refractivity contribution is -0.287. The Balaban J connectivity index is 0.00000133. The summed E-state index contributed by atoms with van der Waals surface area (Å²) in [5, 5.41) is 3.75. The molecule has 0 amide bonds. The maximum absolute atomic E-state index is 13.0. The number of para-hydroxylation sites is 1. The fourth-order valence-corrected chi connectivity index (χ4v) is 2.56. The summed E-state index contributed by atoms with van der Waals surface area (Å²) in [4.78, 5) is 0. The highest BCUT2D eigenvalue weighted by atomic mass is 35.5. The van der Waals surface area contributed by atoms with E-state index in [0.29, 0.717) is 5.56 Å². The smallest absolute Gasteiger partial charge is 0.395 e. The molecule has 2 aromatic rings. The number of ether oxygens (including phenoxy) is 2. The van der Waals surface area contributed by atoms with Gasteiger partial charge in [-0.25, -0.2) is 0 Å². The molecule has 3 rings (SSSR count). The minimum Gasteiger partial charge on any atom is -0.395 e. The Morgan fingerprint density at radius 2 is 2.00 bits per heavy atom. The first kappa shape index (κ1) is 14.0. The van der Waals surface area contributed by atoms with Crippen LogP contribution in [0.3, 0.4) is 0 Å². The van der Waals surface area contributed by atoms with Crippen molar-refractivity contribution < 1.29 is 18.3 Å². The second-order valence-electron chi connectivity index (χ2n) is 3.88. The quantitative estimate of drug-likeness (QED) is 0.923. The molecule has 19 heavy (non-hydrogen) atoms. The first-order valence-corrected chi connectivity index (χ1v) is 6.17. The molecule has 7 heteroatoms. The zero-order valence-corrected chi connectivity index (χ0v) is 11.1. The second kappa shape index (κ2) is 4.96. The van der Waals surface area contributed by atoms with Crippen molar-refractivity contribution in [3.63, 3.8) is 0 Å². The van der Waals surface area contributed by atoms with Gasteiger partial charge in [-0.2, -0.15) is 11.3 Å². The third-order valence-corrected chi connectivity index (χ3v) is 3.40. The molecule has 0 saturated heterocycles. The van der Waals surface area contributed by atoms with Crippen LogP contribution >= 0.6 is 23.7 Å². The molecular weight excluding hydrogens is 296 g/mol. The van der Waals surface area contributed by atoms with Crippen LogP contribution in [-0.4, -0.2) is 6.29 Å². The van der Waals surface area contributed by atoms with Gasteiger partial charge in [0.2, 0.25) is 0 Å². The highest BCUT2D eigenvalue weighted by Gasteiger charge is 2.44. The lowest BCUT2D eigenvalue weighted by Crippen LogP contribution is -2.26. The lowest BCUT2D eigenvalue weighted by Gasteiger charge is -2.13. The number of rotatable bonds is 2. The van der Waals surface area contributed by atoms with Crippen LogP contribution in [-0.2, 0) is 0 Å². The predicted octanol–water partition coefficient (Wildman–Crippen LogP) is 3.54. The number of alkyl halides is 2. The molecule has 1 atom stereocenters. The average Bonchev–Trinajstić information content (AvgIpc) is 2.91. The molecule has 1 aromatic heterocycles. The Morgan fingerprint density at radius 1 is 1.21 bits per heavy atom. The predicted molar refractivity (Wildman–Crippen MR) is 70.2 cm³/mol. The first-order valence-electron chi connectivity index (χ1n) is 5.23. The van der Waals surface area contributed by atoms with E-state index in [1.54, 1.807) is 12.1 Å². The van der Waals surface area contributed by atoms with Crippen LogP contribution in [0, 0.1) is 0 Å². The van der Waals surface area contributed by atoms with E-state index in [0.717, 1.165) is 5.56 Å². The molecule has 2 N–H and O–H groups in total. The standard InChI is InChI=1S/C12H9F2NO2S.ClH/c13-12(14)16-9-3-1-2-8(11(9)17-12)10(15)7-4-5-18-6-7;/h1-6,10H,15H2;1H/t10-;/m0./s1. The monoisotopic (exact) mass is 305 g/mol. The van der Waals surface area contributed by atoms with E-state index in [1.807, 2.05) is 16.8 Å². The van der Waals surface area contributed by atoms with Crippen molar-refractivity contribution in [1.29, 1.82) is 0 Å². The Bertz CT molecular complexity index is 577. The van der Waals surface area contributed by atoms with Crippen LogP contribution in [0.2, 0.25) is 0 Å². The SMILES string of the molecule is Cl.N[C@@H](c1ccsc1)c1cccc2c1OC(F)(F)O2. The molecule has 1 aliphatic heterocycles. The van der Waals surface area contributed by atoms with Gasteiger partial charge in [-0.05, 0) is 28.5 Å². The van der Waals surface area contributed by atoms with Gasteiger partial charge in [-0.15, -0.1) is 21.2 Å². The number of nitrogens with two attached hydrogens (primary N) is 1. The number of hydrogen-bond donors (Lipinski definition) is 1. The normalized spacial score (nSPS) is 16.8. The highest BCUT2D eigenvalue weighted by molar-refractivity contribution is 7.08. The molecule has 0 spiro atoms. The van der Waals surface area contributed by atoms with Crippen LogP contribution < -0.4 is 15.2 Å². The molecule has 2 heterocycles. The van der Waals surface area contributed by atoms with Gasteiger partial charge < -0.3 is 15.2 Å². The maximum atomic E-state index is 13.0. The minimum atomic E-state index is -3.62. The van der Waals surface area contributed by atoms with Crippen molar-refractivity contribution in [2.24, 2.45) is 5.73 Å². The van der Waals surface area contributed by atoms with Gasteiger partial charge in [0.05, 0.1) is 6.04 Å². The van der Waals surface area contributed by atoms with E-state index in [2.05, 4.69) is 9.47 Å². The lowest BCUT2D eigenvalue weighted by atomic mass is 10.0. The summed E-state index contributed by atoms with van der Waals surface area (Å²) in [5.74, 6) is 0.0318. The van der Waals surface area contributed by atoms with E-state index in [-0.39, 0.29) is 23.9 Å². The van der Waals surface area contributed by atoms with Crippen molar-refractivity contribution in [1.82, 2.24) is 0 Å². The number of fused-ring (bicyclic) bond motifs is 1. The van der Waals surface area contributed by atoms with Gasteiger partial charge in [0.25, 0.3) is 0 Å². The number of benzene rings is 1. The van der Waals surface area contributed by atoms with E-state index in [4.69, 9.17) is 5.73 Å². The molecular formula is C12H10ClF2NO2S. The maximum Gasteiger partial charge on any atom is 0.586 e. The van der Waals surface area contributed by atoms with E-state index < -0.39 is 12.3 Å². The zero-order valence-electron chi connectivity index (χ0n) is 9.51. The molecule has 1 aromatic carbocycles. The Morgan fingerprint density at radius 3 is 2.68 bits per heavy atom. The van der Waals surface area contributed by atoms with Gasteiger partial charge in [0.15, 0.2) is 11.5 Å². The summed E-state index contributed by atoms with van der Waals surface area (Å²) in [6.45, 7) is 0. The minimum absolute atomic E-state index is 0. The van der Waals surface area contributed by atoms with Gasteiger partial charge >= 0.3 is 6.29 Å². The molecule has 1 aliphatic rings. The van der Waals surface area contributed by atoms with Crippen LogP contribution in [0.4, 0.5) is 8.78 Å². The molecule has 0 fully saturated rings. The number of hydrogen-bond acceptors (Lipinski definition) is 4. The highest BCUT2D eigenvalue weighted by Crippen LogP contribution is 2.45. The van der Waals surface area contributed by atoms with Gasteiger partial charge in [0.1, 0.15) is 0 Å². The van der Waals surface area contributed by atoms with Crippen molar-refractivity contribution in [2.45, 2.75) is 12.3 Å². The summed E-state index contributed by atoms with van der Waals surface area (Å²) in [6.07, 6.45) is -3.62. The molecule has 0 aliphatic carbocycles. The second-order valence-corrected chi connectivity index (χ2v) is 4.66. The summed E-state index contributed by atoms with van der Waals surface area (Å²) in [7, 11) is 0. The summed E-state index contributed by atoms with van der Waals surface area (Å²) in [5.41, 5.74) is 7.39. The summed E-state index contributed by atoms with van der Waals surface area (Å²) < 4.78 is 35.0. The largest absolute Gasteiger partial charge is 0.586 e. The molecule has 3 nitrogen and oxygen atoms in total. The third kappa shape index (κ3) is 2.51. The fourth-order valence-electron chi connectivity index (χ4n) is 1.87.